The first-order valence-electron chi connectivity index (χ1n) is 16.9. The van der Waals surface area contributed by atoms with Crippen LogP contribution in [0.3, 0.4) is 0 Å². The molecule has 0 bridgehead atoms. The molecule has 2 N–H and O–H groups in total. The largest absolute Gasteiger partial charge is 0.466 e. The summed E-state index contributed by atoms with van der Waals surface area (Å²) in [5.41, 5.74) is 4.14. The van der Waals surface area contributed by atoms with Crippen LogP contribution in [0.2, 0.25) is 0 Å². The second-order valence-electron chi connectivity index (χ2n) is 12.8. The van der Waals surface area contributed by atoms with Gasteiger partial charge in [-0.05, 0) is 87.1 Å². The van der Waals surface area contributed by atoms with Crippen molar-refractivity contribution in [3.05, 3.63) is 81.9 Å². The van der Waals surface area contributed by atoms with Gasteiger partial charge in [0.1, 0.15) is 11.5 Å². The van der Waals surface area contributed by atoms with Gasteiger partial charge < -0.3 is 20.1 Å². The first-order chi connectivity index (χ1) is 24.5. The Morgan fingerprint density at radius 1 is 0.962 bits per heavy atom. The number of ether oxygens (including phenoxy) is 2. The van der Waals surface area contributed by atoms with Gasteiger partial charge in [-0.15, -0.1) is 0 Å². The molecule has 1 saturated heterocycles. The number of fused-ring (bicyclic) bond motifs is 1. The molecule has 0 aliphatic carbocycles. The fraction of sp³-hybridized carbons (Fsp3) is 0.472. The molecule has 3 aromatic rings. The van der Waals surface area contributed by atoms with E-state index in [9.17, 15) is 41.2 Å². The summed E-state index contributed by atoms with van der Waals surface area (Å²) in [6.45, 7) is 5.96. The van der Waals surface area contributed by atoms with Gasteiger partial charge in [0.05, 0.1) is 65.2 Å². The van der Waals surface area contributed by atoms with Gasteiger partial charge in [0.25, 0.3) is 0 Å². The van der Waals surface area contributed by atoms with Crippen molar-refractivity contribution in [2.75, 3.05) is 36.1 Å². The molecule has 1 fully saturated rings. The minimum atomic E-state index is -4.74. The van der Waals surface area contributed by atoms with E-state index in [1.807, 2.05) is 4.90 Å². The fourth-order valence-electron chi connectivity index (χ4n) is 6.83. The van der Waals surface area contributed by atoms with Crippen LogP contribution in [0.15, 0.2) is 42.6 Å². The van der Waals surface area contributed by atoms with E-state index < -0.39 is 41.2 Å². The molecule has 10 nitrogen and oxygen atoms in total. The number of hydrogen-bond acceptors (Lipinski definition) is 9. The van der Waals surface area contributed by atoms with E-state index in [1.54, 1.807) is 26.8 Å². The molecule has 2 aliphatic heterocycles. The summed E-state index contributed by atoms with van der Waals surface area (Å²) in [5.74, 6) is -1.61. The number of benzene rings is 2. The SMILES string of the molecule is CCOC(=O)C1CCN(c2cnc([C@H]3C[C@@](N)(CC)N(C(=O)OCC)c4ccc(C(F)(F)F)cc43)nc2Cc2cc(C#N)cc(C(F)(F)F)c2)CC1. The van der Waals surface area contributed by atoms with E-state index in [0.29, 0.717) is 31.6 Å². The van der Waals surface area contributed by atoms with Crippen LogP contribution in [0, 0.1) is 17.2 Å². The third-order valence-electron chi connectivity index (χ3n) is 9.49. The number of alkyl halides is 6. The Morgan fingerprint density at radius 3 is 2.23 bits per heavy atom. The third-order valence-corrected chi connectivity index (χ3v) is 9.49. The highest BCUT2D eigenvalue weighted by Crippen LogP contribution is 2.47. The van der Waals surface area contributed by atoms with Gasteiger partial charge in [0.2, 0.25) is 0 Å². The van der Waals surface area contributed by atoms with Crippen LogP contribution >= 0.6 is 0 Å². The van der Waals surface area contributed by atoms with Crippen molar-refractivity contribution < 1.29 is 45.4 Å². The van der Waals surface area contributed by atoms with Crippen molar-refractivity contribution in [2.45, 2.75) is 76.8 Å². The number of piperidine rings is 1. The Kier molecular flexibility index (Phi) is 11.0. The minimum Gasteiger partial charge on any atom is -0.466 e. The average molecular weight is 733 g/mol. The van der Waals surface area contributed by atoms with E-state index in [0.717, 1.165) is 35.2 Å². The lowest BCUT2D eigenvalue weighted by Gasteiger charge is -2.46. The molecule has 2 aromatic carbocycles. The Bertz CT molecular complexity index is 1850. The number of nitriles is 1. The first kappa shape index (κ1) is 38.3. The second kappa shape index (κ2) is 15.0. The highest BCUT2D eigenvalue weighted by atomic mass is 19.4. The van der Waals surface area contributed by atoms with Gasteiger partial charge in [0.15, 0.2) is 0 Å². The van der Waals surface area contributed by atoms with Gasteiger partial charge in [-0.1, -0.05) is 6.92 Å². The lowest BCUT2D eigenvalue weighted by molar-refractivity contribution is -0.148. The van der Waals surface area contributed by atoms with Crippen LogP contribution in [0.4, 0.5) is 42.5 Å². The number of halogens is 6. The predicted octanol–water partition coefficient (Wildman–Crippen LogP) is 7.32. The zero-order valence-electron chi connectivity index (χ0n) is 28.8. The molecule has 5 rings (SSSR count). The minimum absolute atomic E-state index is 0.0114. The number of carbonyl (C=O) groups excluding carboxylic acids is 2. The van der Waals surface area contributed by atoms with Gasteiger partial charge in [-0.25, -0.2) is 14.8 Å². The number of carbonyl (C=O) groups is 2. The quantitative estimate of drug-likeness (QED) is 0.187. The molecular formula is C36H38F6N6O4. The van der Waals surface area contributed by atoms with Crippen LogP contribution in [0.5, 0.6) is 0 Å². The number of hydrogen-bond donors (Lipinski definition) is 1. The smallest absolute Gasteiger partial charge is 0.416 e. The Balaban J connectivity index is 1.65. The van der Waals surface area contributed by atoms with Crippen LogP contribution in [0.1, 0.15) is 91.7 Å². The standard InChI is InChI=1S/C36H38F6N6O4/c1-4-34(44)18-27(26-17-24(35(37,38)39)7-8-29(26)48(34)33(50)52-6-3)31-45-20-30(47-11-9-23(10-12-47)32(49)51-5-2)28(46-31)16-21-13-22(19-43)15-25(14-21)36(40,41)42/h7-8,13-15,17,20,23,27H,4-6,9-12,16,18,44H2,1-3H3/t27-,34+/m0/s1. The maximum Gasteiger partial charge on any atom is 0.416 e. The molecule has 278 valence electrons. The van der Waals surface area contributed by atoms with Crippen LogP contribution < -0.4 is 15.5 Å². The van der Waals surface area contributed by atoms with E-state index in [4.69, 9.17) is 20.2 Å². The van der Waals surface area contributed by atoms with Crippen molar-refractivity contribution in [1.29, 1.82) is 5.26 Å². The molecule has 3 heterocycles. The van der Waals surface area contributed by atoms with E-state index >= 15 is 0 Å². The monoisotopic (exact) mass is 732 g/mol. The number of rotatable bonds is 8. The number of amides is 1. The van der Waals surface area contributed by atoms with Gasteiger partial charge in [-0.2, -0.15) is 31.6 Å². The molecule has 0 spiro atoms. The van der Waals surface area contributed by atoms with E-state index in [-0.39, 0.29) is 78.3 Å². The van der Waals surface area contributed by atoms with Crippen LogP contribution in [0.25, 0.3) is 0 Å². The molecule has 0 radical (unpaired) electrons. The third kappa shape index (κ3) is 7.94. The Morgan fingerprint density at radius 2 is 1.63 bits per heavy atom. The lowest BCUT2D eigenvalue weighted by Crippen LogP contribution is -2.61. The summed E-state index contributed by atoms with van der Waals surface area (Å²) in [6.07, 6.45) is -8.13. The van der Waals surface area contributed by atoms with E-state index in [1.165, 1.54) is 12.3 Å². The summed E-state index contributed by atoms with van der Waals surface area (Å²) < 4.78 is 94.1. The number of nitrogens with zero attached hydrogens (tertiary/aromatic N) is 5. The number of esters is 1. The van der Waals surface area contributed by atoms with Crippen molar-refractivity contribution in [2.24, 2.45) is 11.7 Å². The maximum atomic E-state index is 14.0. The molecule has 0 unspecified atom stereocenters. The molecular weight excluding hydrogens is 694 g/mol. The van der Waals surface area contributed by atoms with Gasteiger partial charge in [-0.3, -0.25) is 9.69 Å². The summed E-state index contributed by atoms with van der Waals surface area (Å²) in [4.78, 5) is 38.1. The molecule has 1 amide bonds. The summed E-state index contributed by atoms with van der Waals surface area (Å²) in [7, 11) is 0. The molecule has 2 aliphatic rings. The lowest BCUT2D eigenvalue weighted by atomic mass is 9.80. The molecule has 52 heavy (non-hydrogen) atoms. The summed E-state index contributed by atoms with van der Waals surface area (Å²) in [5, 5.41) is 9.52. The molecule has 1 aromatic heterocycles. The fourth-order valence-corrected chi connectivity index (χ4v) is 6.83. The zero-order chi connectivity index (χ0) is 38.0. The topological polar surface area (TPSA) is 135 Å². The van der Waals surface area contributed by atoms with E-state index in [2.05, 4.69) is 4.98 Å². The zero-order valence-corrected chi connectivity index (χ0v) is 28.8. The van der Waals surface area contributed by atoms with Crippen LogP contribution in [-0.4, -0.2) is 54.0 Å². The van der Waals surface area contributed by atoms with Gasteiger partial charge in [0, 0.05) is 25.4 Å². The van der Waals surface area contributed by atoms with Crippen molar-refractivity contribution in [3.8, 4) is 6.07 Å². The van der Waals surface area contributed by atoms with Crippen molar-refractivity contribution >= 4 is 23.4 Å². The second-order valence-corrected chi connectivity index (χ2v) is 12.8. The highest BCUT2D eigenvalue weighted by molar-refractivity contribution is 5.91. The number of anilines is 2. The normalized spacial score (nSPS) is 19.5. The number of nitrogens with two attached hydrogens (primary N) is 1. The molecule has 0 saturated carbocycles. The Hall–Kier alpha value is -4.91. The van der Waals surface area contributed by atoms with Gasteiger partial charge >= 0.3 is 24.4 Å². The average Bonchev–Trinajstić information content (AvgIpc) is 3.10. The van der Waals surface area contributed by atoms with Crippen LogP contribution in [-0.2, 0) is 33.0 Å². The van der Waals surface area contributed by atoms with Crippen molar-refractivity contribution in [1.82, 2.24) is 9.97 Å². The predicted molar refractivity (Wildman–Crippen MR) is 177 cm³/mol. The first-order valence-corrected chi connectivity index (χ1v) is 16.9. The summed E-state index contributed by atoms with van der Waals surface area (Å²) >= 11 is 0. The molecule has 2 atom stereocenters. The molecule has 16 heteroatoms. The maximum absolute atomic E-state index is 14.0. The van der Waals surface area contributed by atoms with Crippen molar-refractivity contribution in [3.63, 3.8) is 0 Å². The highest BCUT2D eigenvalue weighted by Gasteiger charge is 2.47. The Labute approximate surface area is 296 Å². The number of aromatic nitrogens is 2. The summed E-state index contributed by atoms with van der Waals surface area (Å²) in [6, 6.07) is 7.67.